The molecule has 2 heteroatoms. The third-order valence-electron chi connectivity index (χ3n) is 3.49. The summed E-state index contributed by atoms with van der Waals surface area (Å²) in [5.74, 6) is 0. The Morgan fingerprint density at radius 2 is 1.71 bits per heavy atom. The molecule has 1 aromatic rings. The molecule has 0 bridgehead atoms. The van der Waals surface area contributed by atoms with Gasteiger partial charge in [-0.2, -0.15) is 0 Å². The smallest absolute Gasteiger partial charge is 0.0919 e. The Bertz CT molecular complexity index is 453. The standard InChI is InChI=1S/C15H20N2/c1-14(2)11-13(8-9-15(14,16)17)10-12-6-4-3-5-7-12/h3-9,11H,10,16-17H2,1-2H3. The molecule has 1 aliphatic carbocycles. The van der Waals surface area contributed by atoms with Gasteiger partial charge in [0.1, 0.15) is 0 Å². The van der Waals surface area contributed by atoms with Crippen molar-refractivity contribution in [2.75, 3.05) is 0 Å². The maximum Gasteiger partial charge on any atom is 0.0919 e. The van der Waals surface area contributed by atoms with Crippen LogP contribution >= 0.6 is 0 Å². The number of hydrogen-bond acceptors (Lipinski definition) is 2. The zero-order valence-corrected chi connectivity index (χ0v) is 10.5. The SMILES string of the molecule is CC1(C)C=C(Cc2ccccc2)C=CC1(N)N. The van der Waals surface area contributed by atoms with E-state index >= 15 is 0 Å². The predicted molar refractivity (Wildman–Crippen MR) is 72.3 cm³/mol. The van der Waals surface area contributed by atoms with Crippen molar-refractivity contribution in [3.63, 3.8) is 0 Å². The van der Waals surface area contributed by atoms with Gasteiger partial charge in [-0.05, 0) is 23.6 Å². The number of rotatable bonds is 2. The van der Waals surface area contributed by atoms with Gasteiger partial charge < -0.3 is 11.5 Å². The summed E-state index contributed by atoms with van der Waals surface area (Å²) in [5.41, 5.74) is 13.7. The first kappa shape index (κ1) is 12.1. The lowest BCUT2D eigenvalue weighted by atomic mass is 9.74. The molecule has 0 heterocycles. The maximum absolute atomic E-state index is 6.06. The number of hydrogen-bond donors (Lipinski definition) is 2. The highest BCUT2D eigenvalue weighted by Crippen LogP contribution is 2.33. The normalized spacial score (nSPS) is 21.1. The van der Waals surface area contributed by atoms with Crippen LogP contribution in [0.1, 0.15) is 19.4 Å². The minimum atomic E-state index is -0.757. The van der Waals surface area contributed by atoms with Gasteiger partial charge in [-0.25, -0.2) is 0 Å². The van der Waals surface area contributed by atoms with Crippen molar-refractivity contribution < 1.29 is 0 Å². The minimum Gasteiger partial charge on any atom is -0.309 e. The van der Waals surface area contributed by atoms with Crippen molar-refractivity contribution in [1.29, 1.82) is 0 Å². The molecule has 0 spiro atoms. The van der Waals surface area contributed by atoms with Crippen LogP contribution in [-0.2, 0) is 6.42 Å². The monoisotopic (exact) mass is 228 g/mol. The third kappa shape index (κ3) is 2.48. The Balaban J connectivity index is 2.20. The quantitative estimate of drug-likeness (QED) is 0.763. The molecule has 0 amide bonds. The molecule has 90 valence electrons. The largest absolute Gasteiger partial charge is 0.309 e. The molecule has 0 saturated heterocycles. The molecule has 17 heavy (non-hydrogen) atoms. The van der Waals surface area contributed by atoms with Crippen molar-refractivity contribution in [3.8, 4) is 0 Å². The van der Waals surface area contributed by atoms with E-state index in [9.17, 15) is 0 Å². The number of benzene rings is 1. The highest BCUT2D eigenvalue weighted by atomic mass is 15.0. The fourth-order valence-corrected chi connectivity index (χ4v) is 2.04. The zero-order chi connectivity index (χ0) is 12.5. The van der Waals surface area contributed by atoms with Gasteiger partial charge in [0.2, 0.25) is 0 Å². The predicted octanol–water partition coefficient (Wildman–Crippen LogP) is 2.37. The molecule has 2 nitrogen and oxygen atoms in total. The van der Waals surface area contributed by atoms with Crippen LogP contribution in [0, 0.1) is 5.41 Å². The van der Waals surface area contributed by atoms with E-state index in [1.54, 1.807) is 0 Å². The first-order chi connectivity index (χ1) is 7.91. The van der Waals surface area contributed by atoms with Crippen LogP contribution < -0.4 is 11.5 Å². The summed E-state index contributed by atoms with van der Waals surface area (Å²) >= 11 is 0. The second-order valence-electron chi connectivity index (χ2n) is 5.37. The lowest BCUT2D eigenvalue weighted by Crippen LogP contribution is -2.59. The average molecular weight is 228 g/mol. The molecule has 4 N–H and O–H groups in total. The first-order valence-corrected chi connectivity index (χ1v) is 5.93. The second kappa shape index (κ2) is 4.13. The Hall–Kier alpha value is -1.38. The van der Waals surface area contributed by atoms with Crippen LogP contribution in [0.2, 0.25) is 0 Å². The van der Waals surface area contributed by atoms with E-state index in [1.165, 1.54) is 11.1 Å². The molecule has 0 unspecified atom stereocenters. The third-order valence-corrected chi connectivity index (χ3v) is 3.49. The van der Waals surface area contributed by atoms with E-state index in [-0.39, 0.29) is 5.41 Å². The van der Waals surface area contributed by atoms with Crippen LogP contribution in [0.5, 0.6) is 0 Å². The molecular weight excluding hydrogens is 208 g/mol. The van der Waals surface area contributed by atoms with Gasteiger partial charge in [0.25, 0.3) is 0 Å². The summed E-state index contributed by atoms with van der Waals surface area (Å²) in [6.45, 7) is 4.14. The van der Waals surface area contributed by atoms with Gasteiger partial charge >= 0.3 is 0 Å². The van der Waals surface area contributed by atoms with E-state index in [2.05, 4.69) is 44.2 Å². The van der Waals surface area contributed by atoms with Gasteiger partial charge in [0.15, 0.2) is 0 Å². The van der Waals surface area contributed by atoms with Crippen molar-refractivity contribution in [2.24, 2.45) is 16.9 Å². The highest BCUT2D eigenvalue weighted by molar-refractivity contribution is 5.36. The maximum atomic E-state index is 6.06. The number of nitrogens with two attached hydrogens (primary N) is 2. The van der Waals surface area contributed by atoms with Crippen molar-refractivity contribution in [2.45, 2.75) is 25.9 Å². The highest BCUT2D eigenvalue weighted by Gasteiger charge is 2.36. The van der Waals surface area contributed by atoms with Crippen LogP contribution in [0.4, 0.5) is 0 Å². The summed E-state index contributed by atoms with van der Waals surface area (Å²) in [7, 11) is 0. The van der Waals surface area contributed by atoms with Gasteiger partial charge in [-0.1, -0.05) is 56.3 Å². The molecular formula is C15H20N2. The summed E-state index contributed by atoms with van der Waals surface area (Å²) in [4.78, 5) is 0. The summed E-state index contributed by atoms with van der Waals surface area (Å²) in [5, 5.41) is 0. The molecule has 1 aromatic carbocycles. The Labute approximate surface area is 103 Å². The van der Waals surface area contributed by atoms with Crippen molar-refractivity contribution in [1.82, 2.24) is 0 Å². The van der Waals surface area contributed by atoms with Gasteiger partial charge in [0.05, 0.1) is 5.66 Å². The summed E-state index contributed by atoms with van der Waals surface area (Å²) < 4.78 is 0. The van der Waals surface area contributed by atoms with Crippen LogP contribution in [0.15, 0.2) is 54.1 Å². The molecule has 0 fully saturated rings. The van der Waals surface area contributed by atoms with E-state index in [4.69, 9.17) is 11.5 Å². The van der Waals surface area contributed by atoms with E-state index in [0.717, 1.165) is 6.42 Å². The first-order valence-electron chi connectivity index (χ1n) is 5.93. The van der Waals surface area contributed by atoms with Crippen molar-refractivity contribution >= 4 is 0 Å². The topological polar surface area (TPSA) is 52.0 Å². The van der Waals surface area contributed by atoms with Gasteiger partial charge in [-0.15, -0.1) is 0 Å². The second-order valence-corrected chi connectivity index (χ2v) is 5.37. The Morgan fingerprint density at radius 3 is 2.29 bits per heavy atom. The molecule has 0 aliphatic heterocycles. The lowest BCUT2D eigenvalue weighted by Gasteiger charge is -2.39. The Kier molecular flexibility index (Phi) is 2.94. The molecule has 0 atom stereocenters. The molecule has 1 aliphatic rings. The molecule has 2 rings (SSSR count). The Morgan fingerprint density at radius 1 is 1.06 bits per heavy atom. The van der Waals surface area contributed by atoms with Gasteiger partial charge in [-0.3, -0.25) is 0 Å². The van der Waals surface area contributed by atoms with Crippen molar-refractivity contribution in [3.05, 3.63) is 59.7 Å². The fourth-order valence-electron chi connectivity index (χ4n) is 2.04. The lowest BCUT2D eigenvalue weighted by molar-refractivity contribution is 0.286. The van der Waals surface area contributed by atoms with E-state index in [0.29, 0.717) is 0 Å². The van der Waals surface area contributed by atoms with Crippen LogP contribution in [0.25, 0.3) is 0 Å². The summed E-state index contributed by atoms with van der Waals surface area (Å²) in [6.07, 6.45) is 7.06. The fraction of sp³-hybridized carbons (Fsp3) is 0.333. The van der Waals surface area contributed by atoms with Gasteiger partial charge in [0, 0.05) is 5.41 Å². The van der Waals surface area contributed by atoms with Crippen LogP contribution in [-0.4, -0.2) is 5.66 Å². The molecule has 0 radical (unpaired) electrons. The molecule has 0 saturated carbocycles. The van der Waals surface area contributed by atoms with Crippen LogP contribution in [0.3, 0.4) is 0 Å². The van der Waals surface area contributed by atoms with E-state index in [1.807, 2.05) is 18.2 Å². The summed E-state index contributed by atoms with van der Waals surface area (Å²) in [6, 6.07) is 10.4. The zero-order valence-electron chi connectivity index (χ0n) is 10.5. The number of allylic oxidation sites excluding steroid dienone is 2. The van der Waals surface area contributed by atoms with E-state index < -0.39 is 5.66 Å². The average Bonchev–Trinajstić information content (AvgIpc) is 2.25. The molecule has 0 aromatic heterocycles. The minimum absolute atomic E-state index is 0.216.